The third kappa shape index (κ3) is 6.20. The molecule has 2 amide bonds. The Morgan fingerprint density at radius 1 is 1.03 bits per heavy atom. The summed E-state index contributed by atoms with van der Waals surface area (Å²) in [5, 5.41) is 6.53. The standard InChI is InChI=1S/C26H29N3O2S/c1-5-20-11-13-22(14-12-20)29-25(31)24-17(2)15-18(3)27-26(24)32-16-23(30)28-19(4)21-9-7-6-8-10-21/h6-15,19H,5,16H2,1-4H3,(H,28,30)(H,29,31)/t19-/m0/s1. The van der Waals surface area contributed by atoms with Crippen LogP contribution >= 0.6 is 11.8 Å². The maximum absolute atomic E-state index is 13.1. The summed E-state index contributed by atoms with van der Waals surface area (Å²) in [4.78, 5) is 30.2. The first-order valence-corrected chi connectivity index (χ1v) is 11.7. The molecule has 3 aromatic rings. The number of thioether (sulfide) groups is 1. The predicted octanol–water partition coefficient (Wildman–Crippen LogP) is 5.48. The van der Waals surface area contributed by atoms with Gasteiger partial charge in [-0.2, -0.15) is 0 Å². The first-order chi connectivity index (χ1) is 15.4. The number of carbonyl (C=O) groups is 2. The summed E-state index contributed by atoms with van der Waals surface area (Å²) in [6, 6.07) is 19.4. The highest BCUT2D eigenvalue weighted by Crippen LogP contribution is 2.26. The van der Waals surface area contributed by atoms with Gasteiger partial charge < -0.3 is 10.6 Å². The van der Waals surface area contributed by atoms with Gasteiger partial charge in [0.1, 0.15) is 5.03 Å². The third-order valence-corrected chi connectivity index (χ3v) is 6.15. The van der Waals surface area contributed by atoms with E-state index in [9.17, 15) is 9.59 Å². The molecular weight excluding hydrogens is 418 g/mol. The molecule has 0 bridgehead atoms. The highest BCUT2D eigenvalue weighted by Gasteiger charge is 2.19. The minimum absolute atomic E-state index is 0.0923. The van der Waals surface area contributed by atoms with Gasteiger partial charge in [0.15, 0.2) is 0 Å². The van der Waals surface area contributed by atoms with Crippen molar-refractivity contribution in [3.8, 4) is 0 Å². The van der Waals surface area contributed by atoms with Gasteiger partial charge in [-0.15, -0.1) is 0 Å². The summed E-state index contributed by atoms with van der Waals surface area (Å²) in [6.07, 6.45) is 0.945. The zero-order valence-electron chi connectivity index (χ0n) is 18.9. The molecule has 0 aliphatic carbocycles. The molecule has 32 heavy (non-hydrogen) atoms. The lowest BCUT2D eigenvalue weighted by atomic mass is 10.1. The van der Waals surface area contributed by atoms with Crippen LogP contribution in [-0.2, 0) is 11.2 Å². The normalized spacial score (nSPS) is 11.6. The van der Waals surface area contributed by atoms with Gasteiger partial charge in [0.2, 0.25) is 5.91 Å². The van der Waals surface area contributed by atoms with Crippen molar-refractivity contribution in [3.63, 3.8) is 0 Å². The van der Waals surface area contributed by atoms with Gasteiger partial charge >= 0.3 is 0 Å². The maximum atomic E-state index is 13.1. The van der Waals surface area contributed by atoms with Crippen LogP contribution in [0.5, 0.6) is 0 Å². The van der Waals surface area contributed by atoms with E-state index in [1.165, 1.54) is 17.3 Å². The van der Waals surface area contributed by atoms with E-state index in [1.54, 1.807) is 0 Å². The van der Waals surface area contributed by atoms with Crippen LogP contribution < -0.4 is 10.6 Å². The summed E-state index contributed by atoms with van der Waals surface area (Å²) in [5.74, 6) is -0.146. The zero-order chi connectivity index (χ0) is 23.1. The van der Waals surface area contributed by atoms with Crippen molar-refractivity contribution in [2.24, 2.45) is 0 Å². The Morgan fingerprint density at radius 2 is 1.72 bits per heavy atom. The number of rotatable bonds is 8. The highest BCUT2D eigenvalue weighted by atomic mass is 32.2. The van der Waals surface area contributed by atoms with E-state index in [2.05, 4.69) is 22.5 Å². The SMILES string of the molecule is CCc1ccc(NC(=O)c2c(C)cc(C)nc2SCC(=O)N[C@@H](C)c2ccccc2)cc1. The summed E-state index contributed by atoms with van der Waals surface area (Å²) < 4.78 is 0. The number of nitrogens with zero attached hydrogens (tertiary/aromatic N) is 1. The Kier molecular flexibility index (Phi) is 8.06. The Morgan fingerprint density at radius 3 is 2.38 bits per heavy atom. The Balaban J connectivity index is 1.70. The van der Waals surface area contributed by atoms with Gasteiger partial charge in [0, 0.05) is 11.4 Å². The van der Waals surface area contributed by atoms with Crippen LogP contribution in [0.4, 0.5) is 5.69 Å². The fourth-order valence-electron chi connectivity index (χ4n) is 3.44. The van der Waals surface area contributed by atoms with Crippen LogP contribution in [0.15, 0.2) is 65.7 Å². The number of hydrogen-bond donors (Lipinski definition) is 2. The van der Waals surface area contributed by atoms with Crippen LogP contribution in [0.1, 0.15) is 52.6 Å². The first-order valence-electron chi connectivity index (χ1n) is 10.7. The highest BCUT2D eigenvalue weighted by molar-refractivity contribution is 8.00. The molecule has 0 unspecified atom stereocenters. The van der Waals surface area contributed by atoms with E-state index < -0.39 is 0 Å². The van der Waals surface area contributed by atoms with Crippen molar-refractivity contribution in [3.05, 3.63) is 88.6 Å². The van der Waals surface area contributed by atoms with Gasteiger partial charge in [-0.3, -0.25) is 9.59 Å². The average molecular weight is 448 g/mol. The monoisotopic (exact) mass is 447 g/mol. The van der Waals surface area contributed by atoms with Crippen molar-refractivity contribution in [2.45, 2.75) is 45.2 Å². The number of nitrogens with one attached hydrogen (secondary N) is 2. The van der Waals surface area contributed by atoms with Gasteiger partial charge in [-0.05, 0) is 62.1 Å². The lowest BCUT2D eigenvalue weighted by Gasteiger charge is -2.15. The van der Waals surface area contributed by atoms with Crippen molar-refractivity contribution in [1.82, 2.24) is 10.3 Å². The molecule has 2 aromatic carbocycles. The number of hydrogen-bond acceptors (Lipinski definition) is 4. The molecule has 2 N–H and O–H groups in total. The van der Waals surface area contributed by atoms with E-state index >= 15 is 0 Å². The molecule has 0 radical (unpaired) electrons. The molecule has 0 aliphatic heterocycles. The average Bonchev–Trinajstić information content (AvgIpc) is 2.78. The summed E-state index contributed by atoms with van der Waals surface area (Å²) in [7, 11) is 0. The second-order valence-electron chi connectivity index (χ2n) is 7.75. The van der Waals surface area contributed by atoms with Crippen LogP contribution in [0.3, 0.4) is 0 Å². The van der Waals surface area contributed by atoms with Gasteiger partial charge in [-0.25, -0.2) is 4.98 Å². The summed E-state index contributed by atoms with van der Waals surface area (Å²) in [6.45, 7) is 7.83. The number of pyridine rings is 1. The van der Waals surface area contributed by atoms with Crippen LogP contribution in [0, 0.1) is 13.8 Å². The minimum atomic E-state index is -0.222. The molecule has 1 atom stereocenters. The fourth-order valence-corrected chi connectivity index (χ4v) is 4.40. The number of aryl methyl sites for hydroxylation is 3. The van der Waals surface area contributed by atoms with Gasteiger partial charge in [0.05, 0.1) is 17.4 Å². The lowest BCUT2D eigenvalue weighted by Crippen LogP contribution is -2.28. The molecule has 1 aromatic heterocycles. The molecule has 0 aliphatic rings. The predicted molar refractivity (Wildman–Crippen MR) is 131 cm³/mol. The molecule has 1 heterocycles. The van der Waals surface area contributed by atoms with E-state index in [0.717, 1.165) is 28.9 Å². The molecule has 5 nitrogen and oxygen atoms in total. The van der Waals surface area contributed by atoms with E-state index in [4.69, 9.17) is 0 Å². The van der Waals surface area contributed by atoms with Crippen LogP contribution in [-0.4, -0.2) is 22.6 Å². The second kappa shape index (κ2) is 11.0. The Bertz CT molecular complexity index is 1080. The number of amides is 2. The summed E-state index contributed by atoms with van der Waals surface area (Å²) in [5.41, 5.74) is 5.14. The van der Waals surface area contributed by atoms with Crippen molar-refractivity contribution >= 4 is 29.3 Å². The molecule has 0 saturated carbocycles. The molecule has 6 heteroatoms. The van der Waals surface area contributed by atoms with Gasteiger partial charge in [-0.1, -0.05) is 61.2 Å². The maximum Gasteiger partial charge on any atom is 0.258 e. The quantitative estimate of drug-likeness (QED) is 0.449. The number of aromatic nitrogens is 1. The molecular formula is C26H29N3O2S. The van der Waals surface area contributed by atoms with E-state index in [0.29, 0.717) is 10.6 Å². The van der Waals surface area contributed by atoms with Crippen LogP contribution in [0.2, 0.25) is 0 Å². The van der Waals surface area contributed by atoms with E-state index in [-0.39, 0.29) is 23.6 Å². The molecule has 0 fully saturated rings. The molecule has 3 rings (SSSR count). The van der Waals surface area contributed by atoms with E-state index in [1.807, 2.05) is 81.4 Å². The largest absolute Gasteiger partial charge is 0.349 e. The van der Waals surface area contributed by atoms with Crippen molar-refractivity contribution in [1.29, 1.82) is 0 Å². The molecule has 0 saturated heterocycles. The Hall–Kier alpha value is -3.12. The zero-order valence-corrected chi connectivity index (χ0v) is 19.8. The first kappa shape index (κ1) is 23.5. The van der Waals surface area contributed by atoms with Crippen LogP contribution in [0.25, 0.3) is 0 Å². The van der Waals surface area contributed by atoms with Gasteiger partial charge in [0.25, 0.3) is 5.91 Å². The smallest absolute Gasteiger partial charge is 0.258 e. The minimum Gasteiger partial charge on any atom is -0.349 e. The fraction of sp³-hybridized carbons (Fsp3) is 0.269. The topological polar surface area (TPSA) is 71.1 Å². The number of carbonyl (C=O) groups excluding carboxylic acids is 2. The van der Waals surface area contributed by atoms with Crippen molar-refractivity contribution in [2.75, 3.05) is 11.1 Å². The lowest BCUT2D eigenvalue weighted by molar-refractivity contribution is -0.119. The number of benzene rings is 2. The third-order valence-electron chi connectivity index (χ3n) is 5.18. The second-order valence-corrected chi connectivity index (χ2v) is 8.72. The Labute approximate surface area is 194 Å². The molecule has 0 spiro atoms. The number of anilines is 1. The summed E-state index contributed by atoms with van der Waals surface area (Å²) >= 11 is 1.28. The van der Waals surface area contributed by atoms with Crippen molar-refractivity contribution < 1.29 is 9.59 Å². The molecule has 166 valence electrons.